The van der Waals surface area contributed by atoms with Crippen LogP contribution in [0.25, 0.3) is 0 Å². The second kappa shape index (κ2) is 4.61. The third-order valence-corrected chi connectivity index (χ3v) is 3.19. The maximum Gasteiger partial charge on any atom is 0.123 e. The monoisotopic (exact) mass is 240 g/mol. The van der Waals surface area contributed by atoms with Crippen LogP contribution < -0.4 is 15.8 Å². The summed E-state index contributed by atoms with van der Waals surface area (Å²) in [5, 5.41) is 3.34. The van der Waals surface area contributed by atoms with Gasteiger partial charge in [-0.1, -0.05) is 30.3 Å². The van der Waals surface area contributed by atoms with Gasteiger partial charge in [0.2, 0.25) is 0 Å². The first-order valence-corrected chi connectivity index (χ1v) is 6.16. The van der Waals surface area contributed by atoms with Gasteiger partial charge >= 0.3 is 0 Å². The van der Waals surface area contributed by atoms with Crippen LogP contribution >= 0.6 is 0 Å². The maximum absolute atomic E-state index is 5.89. The number of rotatable bonds is 3. The number of anilines is 2. The number of benzene rings is 2. The molecule has 0 amide bonds. The first kappa shape index (κ1) is 11.0. The molecular formula is C15H16N2O. The number of nitrogens with one attached hydrogen (secondary N) is 1. The van der Waals surface area contributed by atoms with E-state index in [4.69, 9.17) is 10.5 Å². The molecule has 0 aromatic heterocycles. The molecule has 1 atom stereocenters. The van der Waals surface area contributed by atoms with Gasteiger partial charge in [0.1, 0.15) is 11.9 Å². The van der Waals surface area contributed by atoms with Crippen molar-refractivity contribution in [2.75, 3.05) is 17.6 Å². The van der Waals surface area contributed by atoms with Crippen LogP contribution in [0.5, 0.6) is 5.75 Å². The molecule has 3 N–H and O–H groups in total. The van der Waals surface area contributed by atoms with Gasteiger partial charge in [-0.15, -0.1) is 0 Å². The van der Waals surface area contributed by atoms with E-state index < -0.39 is 0 Å². The van der Waals surface area contributed by atoms with Crippen molar-refractivity contribution in [2.45, 2.75) is 12.5 Å². The van der Waals surface area contributed by atoms with E-state index in [1.54, 1.807) is 0 Å². The molecule has 0 radical (unpaired) electrons. The minimum Gasteiger partial charge on any atom is -0.488 e. The molecule has 1 heterocycles. The smallest absolute Gasteiger partial charge is 0.123 e. The number of nitrogens with two attached hydrogens (primary N) is 1. The molecule has 0 saturated heterocycles. The Morgan fingerprint density at radius 1 is 1.11 bits per heavy atom. The first-order valence-electron chi connectivity index (χ1n) is 6.16. The summed E-state index contributed by atoms with van der Waals surface area (Å²) in [5.41, 5.74) is 8.91. The molecule has 3 heteroatoms. The molecule has 18 heavy (non-hydrogen) atoms. The Balaban J connectivity index is 1.62. The summed E-state index contributed by atoms with van der Waals surface area (Å²) in [6.45, 7) is 0.767. The molecule has 2 aromatic rings. The Bertz CT molecular complexity index is 529. The minimum absolute atomic E-state index is 0.182. The second-order valence-electron chi connectivity index (χ2n) is 4.52. The van der Waals surface area contributed by atoms with Crippen LogP contribution in [-0.2, 0) is 6.42 Å². The van der Waals surface area contributed by atoms with Crippen molar-refractivity contribution >= 4 is 11.4 Å². The van der Waals surface area contributed by atoms with Gasteiger partial charge in [-0.3, -0.25) is 0 Å². The van der Waals surface area contributed by atoms with E-state index in [9.17, 15) is 0 Å². The summed E-state index contributed by atoms with van der Waals surface area (Å²) in [4.78, 5) is 0. The number of nitrogen functional groups attached to an aromatic ring is 1. The fourth-order valence-electron chi connectivity index (χ4n) is 2.25. The van der Waals surface area contributed by atoms with Crippen molar-refractivity contribution in [1.82, 2.24) is 0 Å². The van der Waals surface area contributed by atoms with Crippen molar-refractivity contribution in [3.05, 3.63) is 54.1 Å². The average molecular weight is 240 g/mol. The van der Waals surface area contributed by atoms with Crippen molar-refractivity contribution in [1.29, 1.82) is 0 Å². The molecule has 0 fully saturated rings. The van der Waals surface area contributed by atoms with E-state index in [0.29, 0.717) is 0 Å². The lowest BCUT2D eigenvalue weighted by atomic mass is 10.1. The molecule has 0 spiro atoms. The molecule has 1 aliphatic rings. The van der Waals surface area contributed by atoms with Crippen molar-refractivity contribution in [3.63, 3.8) is 0 Å². The zero-order valence-electron chi connectivity index (χ0n) is 10.1. The normalized spacial score (nSPS) is 17.0. The van der Waals surface area contributed by atoms with Crippen LogP contribution in [0.4, 0.5) is 11.4 Å². The summed E-state index contributed by atoms with van der Waals surface area (Å²) < 4.78 is 5.87. The number of fused-ring (bicyclic) bond motifs is 1. The SMILES string of the molecule is Nc1ccccc1NCC1Cc2ccccc2O1. The fraction of sp³-hybridized carbons (Fsp3) is 0.200. The topological polar surface area (TPSA) is 47.3 Å². The van der Waals surface area contributed by atoms with Gasteiger partial charge in [0.15, 0.2) is 0 Å². The van der Waals surface area contributed by atoms with Crippen LogP contribution in [0, 0.1) is 0 Å². The van der Waals surface area contributed by atoms with Gasteiger partial charge in [-0.05, 0) is 23.8 Å². The summed E-state index contributed by atoms with van der Waals surface area (Å²) in [6.07, 6.45) is 1.14. The quantitative estimate of drug-likeness (QED) is 0.811. The zero-order valence-corrected chi connectivity index (χ0v) is 10.1. The molecular weight excluding hydrogens is 224 g/mol. The lowest BCUT2D eigenvalue weighted by Crippen LogP contribution is -2.24. The van der Waals surface area contributed by atoms with Crippen molar-refractivity contribution in [2.24, 2.45) is 0 Å². The highest BCUT2D eigenvalue weighted by atomic mass is 16.5. The molecule has 3 nitrogen and oxygen atoms in total. The first-order chi connectivity index (χ1) is 8.83. The Kier molecular flexibility index (Phi) is 2.81. The predicted octanol–water partition coefficient (Wildman–Crippen LogP) is 2.68. The summed E-state index contributed by atoms with van der Waals surface area (Å²) in [6, 6.07) is 16.0. The van der Waals surface area contributed by atoms with Crippen LogP contribution in [0.3, 0.4) is 0 Å². The molecule has 0 aliphatic carbocycles. The highest BCUT2D eigenvalue weighted by Crippen LogP contribution is 2.28. The number of hydrogen-bond acceptors (Lipinski definition) is 3. The molecule has 1 unspecified atom stereocenters. The van der Waals surface area contributed by atoms with Gasteiger partial charge in [0, 0.05) is 6.42 Å². The summed E-state index contributed by atoms with van der Waals surface area (Å²) in [7, 11) is 0. The standard InChI is InChI=1S/C15H16N2O/c16-13-6-2-3-7-14(13)17-10-12-9-11-5-1-4-8-15(11)18-12/h1-8,12,17H,9-10,16H2. The Morgan fingerprint density at radius 3 is 2.72 bits per heavy atom. The highest BCUT2D eigenvalue weighted by Gasteiger charge is 2.21. The van der Waals surface area contributed by atoms with Crippen molar-refractivity contribution in [3.8, 4) is 5.75 Å². The van der Waals surface area contributed by atoms with Crippen LogP contribution in [0.2, 0.25) is 0 Å². The van der Waals surface area contributed by atoms with Gasteiger partial charge in [-0.2, -0.15) is 0 Å². The number of hydrogen-bond donors (Lipinski definition) is 2. The molecule has 0 bridgehead atoms. The molecule has 0 saturated carbocycles. The van der Waals surface area contributed by atoms with E-state index in [1.165, 1.54) is 5.56 Å². The third-order valence-electron chi connectivity index (χ3n) is 3.19. The lowest BCUT2D eigenvalue weighted by Gasteiger charge is -2.14. The van der Waals surface area contributed by atoms with Gasteiger partial charge < -0.3 is 15.8 Å². The number of para-hydroxylation sites is 3. The molecule has 92 valence electrons. The largest absolute Gasteiger partial charge is 0.488 e. The van der Waals surface area contributed by atoms with E-state index in [-0.39, 0.29) is 6.10 Å². The Morgan fingerprint density at radius 2 is 1.89 bits per heavy atom. The minimum atomic E-state index is 0.182. The number of ether oxygens (including phenoxy) is 1. The van der Waals surface area contributed by atoms with E-state index in [0.717, 1.165) is 30.1 Å². The Hall–Kier alpha value is -2.16. The molecule has 2 aromatic carbocycles. The average Bonchev–Trinajstić information content (AvgIpc) is 2.80. The molecule has 1 aliphatic heterocycles. The maximum atomic E-state index is 5.89. The Labute approximate surface area is 107 Å². The summed E-state index contributed by atoms with van der Waals surface area (Å²) >= 11 is 0. The van der Waals surface area contributed by atoms with E-state index >= 15 is 0 Å². The van der Waals surface area contributed by atoms with Crippen LogP contribution in [0.1, 0.15) is 5.56 Å². The predicted molar refractivity (Wildman–Crippen MR) is 73.9 cm³/mol. The summed E-state index contributed by atoms with van der Waals surface area (Å²) in [5.74, 6) is 1.00. The molecule has 3 rings (SSSR count). The van der Waals surface area contributed by atoms with Gasteiger partial charge in [-0.25, -0.2) is 0 Å². The fourth-order valence-corrected chi connectivity index (χ4v) is 2.25. The third kappa shape index (κ3) is 2.12. The van der Waals surface area contributed by atoms with E-state index in [2.05, 4.69) is 11.4 Å². The van der Waals surface area contributed by atoms with Gasteiger partial charge in [0.05, 0.1) is 17.9 Å². The van der Waals surface area contributed by atoms with Crippen LogP contribution in [0.15, 0.2) is 48.5 Å². The van der Waals surface area contributed by atoms with E-state index in [1.807, 2.05) is 42.5 Å². The van der Waals surface area contributed by atoms with Crippen LogP contribution in [-0.4, -0.2) is 12.6 Å². The second-order valence-corrected chi connectivity index (χ2v) is 4.52. The highest BCUT2D eigenvalue weighted by molar-refractivity contribution is 5.65. The zero-order chi connectivity index (χ0) is 12.4. The lowest BCUT2D eigenvalue weighted by molar-refractivity contribution is 0.246. The van der Waals surface area contributed by atoms with Crippen molar-refractivity contribution < 1.29 is 4.74 Å². The van der Waals surface area contributed by atoms with Gasteiger partial charge in [0.25, 0.3) is 0 Å².